The Morgan fingerprint density at radius 3 is 2.59 bits per heavy atom. The van der Waals surface area contributed by atoms with Crippen molar-refractivity contribution >= 4 is 29.3 Å². The van der Waals surface area contributed by atoms with Crippen LogP contribution in [0.1, 0.15) is 39.2 Å². The van der Waals surface area contributed by atoms with Crippen LogP contribution < -0.4 is 10.1 Å². The van der Waals surface area contributed by atoms with E-state index >= 15 is 0 Å². The first-order valence-electron chi connectivity index (χ1n) is 9.55. The molecule has 0 spiro atoms. The van der Waals surface area contributed by atoms with Gasteiger partial charge in [0.15, 0.2) is 0 Å². The van der Waals surface area contributed by atoms with E-state index in [1.807, 2.05) is 33.8 Å². The first-order valence-corrected chi connectivity index (χ1v) is 9.93. The Labute approximate surface area is 175 Å². The van der Waals surface area contributed by atoms with Gasteiger partial charge in [-0.2, -0.15) is 0 Å². The van der Waals surface area contributed by atoms with E-state index in [2.05, 4.69) is 20.3 Å². The highest BCUT2D eigenvalue weighted by Crippen LogP contribution is 2.23. The number of ether oxygens (including phenoxy) is 2. The first kappa shape index (κ1) is 21.1. The lowest BCUT2D eigenvalue weighted by atomic mass is 10.1. The van der Waals surface area contributed by atoms with Gasteiger partial charge in [0.05, 0.1) is 5.02 Å². The molecule has 2 aromatic heterocycles. The molecular formula is C20H26ClN5O3. The molecule has 0 bridgehead atoms. The van der Waals surface area contributed by atoms with E-state index in [-0.39, 0.29) is 12.2 Å². The fourth-order valence-corrected chi connectivity index (χ4v) is 3.13. The number of carbonyl (C=O) groups is 1. The van der Waals surface area contributed by atoms with Gasteiger partial charge in [-0.1, -0.05) is 11.6 Å². The van der Waals surface area contributed by atoms with Gasteiger partial charge in [0.2, 0.25) is 5.88 Å². The van der Waals surface area contributed by atoms with Crippen molar-refractivity contribution in [2.24, 2.45) is 0 Å². The van der Waals surface area contributed by atoms with Crippen LogP contribution in [-0.2, 0) is 4.74 Å². The van der Waals surface area contributed by atoms with Crippen LogP contribution in [0.25, 0.3) is 0 Å². The highest BCUT2D eigenvalue weighted by atomic mass is 35.5. The van der Waals surface area contributed by atoms with Crippen LogP contribution in [0.3, 0.4) is 0 Å². The minimum atomic E-state index is -0.494. The summed E-state index contributed by atoms with van der Waals surface area (Å²) < 4.78 is 11.4. The second kappa shape index (κ2) is 8.82. The van der Waals surface area contributed by atoms with Crippen molar-refractivity contribution < 1.29 is 14.3 Å². The Kier molecular flexibility index (Phi) is 6.42. The highest BCUT2D eigenvalue weighted by molar-refractivity contribution is 6.30. The molecule has 3 rings (SSSR count). The molecule has 2 aromatic rings. The van der Waals surface area contributed by atoms with Gasteiger partial charge in [0.1, 0.15) is 29.7 Å². The van der Waals surface area contributed by atoms with E-state index in [4.69, 9.17) is 21.1 Å². The van der Waals surface area contributed by atoms with Crippen molar-refractivity contribution in [1.82, 2.24) is 19.9 Å². The molecule has 1 N–H and O–H groups in total. The van der Waals surface area contributed by atoms with Gasteiger partial charge >= 0.3 is 6.09 Å². The Balaban J connectivity index is 1.55. The van der Waals surface area contributed by atoms with Crippen LogP contribution in [0, 0.1) is 6.92 Å². The number of anilines is 2. The molecule has 0 saturated carbocycles. The van der Waals surface area contributed by atoms with Crippen LogP contribution in [0.2, 0.25) is 5.02 Å². The minimum absolute atomic E-state index is 0.0215. The van der Waals surface area contributed by atoms with Crippen molar-refractivity contribution in [1.29, 1.82) is 0 Å². The van der Waals surface area contributed by atoms with Gasteiger partial charge in [-0.05, 0) is 39.3 Å². The fraction of sp³-hybridized carbons (Fsp3) is 0.500. The van der Waals surface area contributed by atoms with Gasteiger partial charge in [0.25, 0.3) is 0 Å². The number of pyridine rings is 1. The third-order valence-corrected chi connectivity index (χ3v) is 4.52. The van der Waals surface area contributed by atoms with Gasteiger partial charge in [0, 0.05) is 38.2 Å². The SMILES string of the molecule is Cc1cc(Cl)cnc1Nc1cc(OC2CCN(C(=O)OC(C)(C)C)CC2)ncn1. The molecule has 1 amide bonds. The summed E-state index contributed by atoms with van der Waals surface area (Å²) in [5, 5.41) is 3.73. The smallest absolute Gasteiger partial charge is 0.410 e. The number of aromatic nitrogens is 3. The van der Waals surface area contributed by atoms with Crippen LogP contribution >= 0.6 is 11.6 Å². The Bertz CT molecular complexity index is 863. The monoisotopic (exact) mass is 419 g/mol. The van der Waals surface area contributed by atoms with Crippen molar-refractivity contribution in [2.45, 2.75) is 52.2 Å². The van der Waals surface area contributed by atoms with Gasteiger partial charge < -0.3 is 19.7 Å². The van der Waals surface area contributed by atoms with Crippen LogP contribution in [0.4, 0.5) is 16.4 Å². The lowest BCUT2D eigenvalue weighted by Crippen LogP contribution is -2.44. The summed E-state index contributed by atoms with van der Waals surface area (Å²) in [7, 11) is 0. The molecule has 0 atom stereocenters. The maximum absolute atomic E-state index is 12.2. The predicted octanol–water partition coefficient (Wildman–Crippen LogP) is 4.36. The molecule has 0 aromatic carbocycles. The number of hydrogen-bond acceptors (Lipinski definition) is 7. The van der Waals surface area contributed by atoms with E-state index in [1.54, 1.807) is 17.2 Å². The highest BCUT2D eigenvalue weighted by Gasteiger charge is 2.27. The lowest BCUT2D eigenvalue weighted by molar-refractivity contribution is 0.0123. The first-order chi connectivity index (χ1) is 13.7. The second-order valence-corrected chi connectivity index (χ2v) is 8.41. The summed E-state index contributed by atoms with van der Waals surface area (Å²) in [6.45, 7) is 8.68. The quantitative estimate of drug-likeness (QED) is 0.787. The summed E-state index contributed by atoms with van der Waals surface area (Å²) in [4.78, 5) is 26.6. The van der Waals surface area contributed by atoms with Gasteiger partial charge in [-0.3, -0.25) is 0 Å². The summed E-state index contributed by atoms with van der Waals surface area (Å²) in [6, 6.07) is 3.56. The molecule has 0 unspecified atom stereocenters. The molecule has 1 aliphatic heterocycles. The number of likely N-dealkylation sites (tertiary alicyclic amines) is 1. The number of piperidine rings is 1. The Morgan fingerprint density at radius 1 is 1.21 bits per heavy atom. The molecule has 1 aliphatic rings. The third-order valence-electron chi connectivity index (χ3n) is 4.31. The number of rotatable bonds is 4. The number of nitrogens with one attached hydrogen (secondary N) is 1. The fourth-order valence-electron chi connectivity index (χ4n) is 2.92. The number of halogens is 1. The average molecular weight is 420 g/mol. The molecule has 3 heterocycles. The van der Waals surface area contributed by atoms with E-state index in [9.17, 15) is 4.79 Å². The molecule has 29 heavy (non-hydrogen) atoms. The largest absolute Gasteiger partial charge is 0.474 e. The van der Waals surface area contributed by atoms with Crippen LogP contribution in [-0.4, -0.2) is 50.7 Å². The van der Waals surface area contributed by atoms with Crippen molar-refractivity contribution in [2.75, 3.05) is 18.4 Å². The molecule has 0 aliphatic carbocycles. The molecule has 1 saturated heterocycles. The predicted molar refractivity (Wildman–Crippen MR) is 111 cm³/mol. The van der Waals surface area contributed by atoms with E-state index in [0.29, 0.717) is 48.5 Å². The maximum atomic E-state index is 12.2. The zero-order valence-electron chi connectivity index (χ0n) is 17.1. The Hall–Kier alpha value is -2.61. The standard InChI is InChI=1S/C20H26ClN5O3/c1-13-9-14(21)11-22-18(13)25-16-10-17(24-12-23-16)28-15-5-7-26(8-6-15)19(27)29-20(2,3)4/h9-12,15H,5-8H2,1-4H3,(H,22,23,24,25). The van der Waals surface area contributed by atoms with E-state index < -0.39 is 5.60 Å². The third kappa shape index (κ3) is 6.19. The molecule has 1 fully saturated rings. The van der Waals surface area contributed by atoms with Gasteiger partial charge in [-0.25, -0.2) is 19.7 Å². The number of nitrogens with zero attached hydrogens (tertiary/aromatic N) is 4. The number of hydrogen-bond donors (Lipinski definition) is 1. The van der Waals surface area contributed by atoms with Crippen LogP contribution in [0.15, 0.2) is 24.7 Å². The van der Waals surface area contributed by atoms with E-state index in [1.165, 1.54) is 6.33 Å². The van der Waals surface area contributed by atoms with E-state index in [0.717, 1.165) is 5.56 Å². The molecule has 8 nitrogen and oxygen atoms in total. The lowest BCUT2D eigenvalue weighted by Gasteiger charge is -2.33. The molecule has 9 heteroatoms. The Morgan fingerprint density at radius 2 is 1.93 bits per heavy atom. The van der Waals surface area contributed by atoms with Crippen molar-refractivity contribution in [3.05, 3.63) is 35.2 Å². The number of aryl methyl sites for hydroxylation is 1. The minimum Gasteiger partial charge on any atom is -0.474 e. The summed E-state index contributed by atoms with van der Waals surface area (Å²) in [6.07, 6.45) is 4.14. The normalized spacial score (nSPS) is 15.1. The van der Waals surface area contributed by atoms with Crippen LogP contribution in [0.5, 0.6) is 5.88 Å². The van der Waals surface area contributed by atoms with Gasteiger partial charge in [-0.15, -0.1) is 0 Å². The maximum Gasteiger partial charge on any atom is 0.410 e. The van der Waals surface area contributed by atoms with Crippen molar-refractivity contribution in [3.63, 3.8) is 0 Å². The van der Waals surface area contributed by atoms with Crippen molar-refractivity contribution in [3.8, 4) is 5.88 Å². The molecular weight excluding hydrogens is 394 g/mol. The topological polar surface area (TPSA) is 89.5 Å². The number of carbonyl (C=O) groups excluding carboxylic acids is 1. The summed E-state index contributed by atoms with van der Waals surface area (Å²) in [5.74, 6) is 1.73. The second-order valence-electron chi connectivity index (χ2n) is 7.97. The number of amides is 1. The zero-order chi connectivity index (χ0) is 21.0. The molecule has 156 valence electrons. The summed E-state index contributed by atoms with van der Waals surface area (Å²) in [5.41, 5.74) is 0.416. The average Bonchev–Trinajstić information content (AvgIpc) is 2.64. The zero-order valence-corrected chi connectivity index (χ0v) is 17.9. The molecule has 0 radical (unpaired) electrons. The summed E-state index contributed by atoms with van der Waals surface area (Å²) >= 11 is 5.95.